The first-order valence-electron chi connectivity index (χ1n) is 14.7. The molecule has 0 aromatic carbocycles. The highest BCUT2D eigenvalue weighted by atomic mass is 19.4. The number of guanidine groups is 2. The van der Waals surface area contributed by atoms with Crippen molar-refractivity contribution >= 4 is 29.9 Å². The zero-order chi connectivity index (χ0) is 34.7. The van der Waals surface area contributed by atoms with Crippen LogP contribution in [0.1, 0.15) is 84.0 Å². The van der Waals surface area contributed by atoms with Gasteiger partial charge < -0.3 is 24.7 Å². The number of carbonyl (C=O) groups excluding carboxylic acids is 3. The molecule has 0 aliphatic carbocycles. The summed E-state index contributed by atoms with van der Waals surface area (Å²) in [7, 11) is 0. The fourth-order valence-corrected chi connectivity index (χ4v) is 3.62. The number of aliphatic carboxylic acids is 2. The third kappa shape index (κ3) is 28.8. The molecule has 0 saturated carbocycles. The van der Waals surface area contributed by atoms with E-state index in [0.717, 1.165) is 64.8 Å². The minimum absolute atomic E-state index is 0.0767. The maximum atomic E-state index is 12.5. The Hall–Kier alpha value is -3.73. The summed E-state index contributed by atoms with van der Waals surface area (Å²) >= 11 is 0. The minimum Gasteiger partial charge on any atom is -0.542 e. The predicted octanol–water partition coefficient (Wildman–Crippen LogP) is -1.75. The second-order valence-corrected chi connectivity index (χ2v) is 9.86. The molecule has 0 bridgehead atoms. The SMILES string of the molecule is C/C=C/C[NH+]=C(N)NCCCCCCCCN1CCCCCCCC[NH+]=C(N)NC1=O.O=C([O-])C(F)(F)F.O=C([O-])C(F)(F)F. The van der Waals surface area contributed by atoms with Crippen LogP contribution in [0.15, 0.2) is 12.2 Å². The fraction of sp³-hybridized carbons (Fsp3) is 0.741. The Morgan fingerprint density at radius 2 is 1.42 bits per heavy atom. The Bertz CT molecular complexity index is 905. The van der Waals surface area contributed by atoms with E-state index in [2.05, 4.69) is 20.6 Å². The number of carboxylic acid groups (broad SMARTS) is 2. The van der Waals surface area contributed by atoms with Crippen LogP contribution in [0.2, 0.25) is 0 Å². The zero-order valence-corrected chi connectivity index (χ0v) is 25.6. The van der Waals surface area contributed by atoms with Crippen molar-refractivity contribution in [2.24, 2.45) is 11.5 Å². The number of unbranched alkanes of at least 4 members (excludes halogenated alkanes) is 5. The fourth-order valence-electron chi connectivity index (χ4n) is 3.62. The molecule has 0 aromatic heterocycles. The summed E-state index contributed by atoms with van der Waals surface area (Å²) in [4.78, 5) is 38.3. The van der Waals surface area contributed by atoms with Crippen LogP contribution < -0.4 is 42.3 Å². The van der Waals surface area contributed by atoms with E-state index in [9.17, 15) is 31.1 Å². The predicted molar refractivity (Wildman–Crippen MR) is 150 cm³/mol. The van der Waals surface area contributed by atoms with E-state index in [1.807, 2.05) is 24.0 Å². The summed E-state index contributed by atoms with van der Waals surface area (Å²) in [5.74, 6) is -5.00. The summed E-state index contributed by atoms with van der Waals surface area (Å²) < 4.78 is 63.1. The van der Waals surface area contributed by atoms with E-state index in [1.54, 1.807) is 0 Å². The van der Waals surface area contributed by atoms with Crippen LogP contribution in [-0.4, -0.2) is 79.9 Å². The van der Waals surface area contributed by atoms with E-state index in [1.165, 1.54) is 44.9 Å². The molecule has 1 aliphatic rings. The molecule has 1 heterocycles. The van der Waals surface area contributed by atoms with Gasteiger partial charge in [0.15, 0.2) is 0 Å². The first-order chi connectivity index (χ1) is 21.0. The number of hydrogen-bond donors (Lipinski definition) is 6. The molecular weight excluding hydrogens is 616 g/mol. The summed E-state index contributed by atoms with van der Waals surface area (Å²) in [5.41, 5.74) is 11.8. The Morgan fingerprint density at radius 3 is 1.96 bits per heavy atom. The number of nitrogens with one attached hydrogen (secondary N) is 4. The Balaban J connectivity index is 0. The van der Waals surface area contributed by atoms with E-state index in [0.29, 0.717) is 11.9 Å². The molecule has 0 spiro atoms. The average molecular weight is 664 g/mol. The smallest absolute Gasteiger partial charge is 0.430 e. The van der Waals surface area contributed by atoms with Gasteiger partial charge in [-0.15, -0.1) is 0 Å². The van der Waals surface area contributed by atoms with Gasteiger partial charge in [-0.25, -0.2) is 4.79 Å². The van der Waals surface area contributed by atoms with Crippen molar-refractivity contribution < 1.29 is 60.9 Å². The lowest BCUT2D eigenvalue weighted by Gasteiger charge is -2.20. The third-order valence-electron chi connectivity index (χ3n) is 5.98. The number of carbonyl (C=O) groups is 3. The van der Waals surface area contributed by atoms with Gasteiger partial charge in [-0.3, -0.25) is 26.8 Å². The highest BCUT2D eigenvalue weighted by molar-refractivity contribution is 5.92. The number of halogens is 6. The first-order valence-corrected chi connectivity index (χ1v) is 14.7. The molecule has 0 aromatic rings. The van der Waals surface area contributed by atoms with Crippen LogP contribution in [0.4, 0.5) is 31.1 Å². The van der Waals surface area contributed by atoms with Crippen molar-refractivity contribution in [3.63, 3.8) is 0 Å². The summed E-state index contributed by atoms with van der Waals surface area (Å²) in [5, 5.41) is 23.6. The standard InChI is InChI=1S/C23H45N7O.2C2HF3O2/c1-2-3-16-26-21(24)27-17-12-8-4-6-10-14-19-30-20-15-11-7-5-9-13-18-28-22(25)29-23(30)31;2*3-2(4,5)1(6)7/h2-3H,4-20H2,1H3,(H3,24,26,27)(H3,25,28,29,31);2*(H,6,7)/b3-2+;;. The molecule has 262 valence electrons. The van der Waals surface area contributed by atoms with Crippen LogP contribution in [0.5, 0.6) is 0 Å². The number of allylic oxidation sites excluding steroid dienone is 1. The lowest BCUT2D eigenvalue weighted by Crippen LogP contribution is -2.79. The number of amides is 2. The van der Waals surface area contributed by atoms with Crippen molar-refractivity contribution in [1.29, 1.82) is 0 Å². The van der Waals surface area contributed by atoms with Gasteiger partial charge in [0.25, 0.3) is 0 Å². The molecule has 0 atom stereocenters. The number of alkyl halides is 6. The molecule has 1 rings (SSSR count). The van der Waals surface area contributed by atoms with Gasteiger partial charge in [0, 0.05) is 13.1 Å². The molecule has 8 N–H and O–H groups in total. The topological polar surface area (TPSA) is 205 Å². The van der Waals surface area contributed by atoms with Gasteiger partial charge in [0.05, 0.1) is 19.6 Å². The number of nitrogens with two attached hydrogens (primary N) is 2. The van der Waals surface area contributed by atoms with Gasteiger partial charge in [-0.05, 0) is 32.6 Å². The number of nitrogens with zero attached hydrogens (tertiary/aromatic N) is 1. The molecule has 12 nitrogen and oxygen atoms in total. The molecule has 0 saturated heterocycles. The maximum Gasteiger partial charge on any atom is 0.430 e. The van der Waals surface area contributed by atoms with Gasteiger partial charge in [0.1, 0.15) is 11.9 Å². The van der Waals surface area contributed by atoms with Crippen LogP contribution in [0, 0.1) is 0 Å². The maximum absolute atomic E-state index is 12.5. The quantitative estimate of drug-likeness (QED) is 0.0491. The van der Waals surface area contributed by atoms with Crippen LogP contribution in [-0.2, 0) is 9.59 Å². The van der Waals surface area contributed by atoms with E-state index in [4.69, 9.17) is 31.3 Å². The van der Waals surface area contributed by atoms with Crippen LogP contribution in [0.3, 0.4) is 0 Å². The molecule has 0 radical (unpaired) electrons. The minimum atomic E-state index is -5.19. The molecule has 0 unspecified atom stereocenters. The Morgan fingerprint density at radius 1 is 0.933 bits per heavy atom. The molecule has 18 heteroatoms. The highest BCUT2D eigenvalue weighted by Gasteiger charge is 2.29. The van der Waals surface area contributed by atoms with Crippen LogP contribution in [0.25, 0.3) is 0 Å². The molecule has 2 amide bonds. The van der Waals surface area contributed by atoms with Crippen molar-refractivity contribution in [3.05, 3.63) is 12.2 Å². The molecule has 0 fully saturated rings. The van der Waals surface area contributed by atoms with E-state index in [-0.39, 0.29) is 6.03 Å². The van der Waals surface area contributed by atoms with Crippen molar-refractivity contribution in [3.8, 4) is 0 Å². The first kappa shape index (κ1) is 43.4. The van der Waals surface area contributed by atoms with Crippen LogP contribution >= 0.6 is 0 Å². The lowest BCUT2D eigenvalue weighted by molar-refractivity contribution is -0.460. The molecule has 45 heavy (non-hydrogen) atoms. The number of urea groups is 1. The third-order valence-corrected chi connectivity index (χ3v) is 5.98. The highest BCUT2D eigenvalue weighted by Crippen LogP contribution is 2.12. The number of hydrogen-bond acceptors (Lipinski definition) is 6. The normalized spacial score (nSPS) is 15.5. The van der Waals surface area contributed by atoms with Gasteiger partial charge >= 0.3 is 30.3 Å². The van der Waals surface area contributed by atoms with Crippen molar-refractivity contribution in [1.82, 2.24) is 15.5 Å². The second-order valence-electron chi connectivity index (χ2n) is 9.86. The van der Waals surface area contributed by atoms with Gasteiger partial charge in [0.2, 0.25) is 0 Å². The Kier molecular flexibility index (Phi) is 24.7. The largest absolute Gasteiger partial charge is 0.542 e. The van der Waals surface area contributed by atoms with E-state index >= 15 is 0 Å². The second kappa shape index (κ2) is 25.6. The number of rotatable bonds is 11. The number of carboxylic acids is 2. The monoisotopic (exact) mass is 663 g/mol. The van der Waals surface area contributed by atoms with Crippen molar-refractivity contribution in [2.75, 3.05) is 32.7 Å². The molecular formula is C27H47F6N7O5. The lowest BCUT2D eigenvalue weighted by atomic mass is 10.1. The summed E-state index contributed by atoms with van der Waals surface area (Å²) in [6.07, 6.45) is 7.61. The van der Waals surface area contributed by atoms with E-state index < -0.39 is 24.3 Å². The van der Waals surface area contributed by atoms with Gasteiger partial charge in [-0.1, -0.05) is 63.5 Å². The van der Waals surface area contributed by atoms with Gasteiger partial charge in [-0.2, -0.15) is 31.7 Å². The zero-order valence-electron chi connectivity index (χ0n) is 25.6. The Labute approximate surface area is 259 Å². The molecule has 1 aliphatic heterocycles. The summed E-state index contributed by atoms with van der Waals surface area (Å²) in [6, 6.07) is -0.0767. The van der Waals surface area contributed by atoms with Crippen molar-refractivity contribution in [2.45, 2.75) is 96.3 Å². The summed E-state index contributed by atoms with van der Waals surface area (Å²) in [6.45, 7) is 6.07. The average Bonchev–Trinajstić information content (AvgIpc) is 2.95.